The topological polar surface area (TPSA) is 261 Å². The van der Waals surface area contributed by atoms with Crippen LogP contribution in [-0.4, -0.2) is 127 Å². The molecule has 6 N–H and O–H groups in total. The number of nitrogens with zero attached hydrogens (tertiary/aromatic N) is 8. The molecule has 0 saturated carbocycles. The molecule has 9 rings (SSSR count). The highest BCUT2D eigenvalue weighted by Crippen LogP contribution is 2.39. The summed E-state index contributed by atoms with van der Waals surface area (Å²) in [4.78, 5) is 88.3. The third-order valence-corrected chi connectivity index (χ3v) is 12.1. The molecule has 20 nitrogen and oxygen atoms in total. The van der Waals surface area contributed by atoms with Crippen molar-refractivity contribution in [2.24, 2.45) is 0 Å². The van der Waals surface area contributed by atoms with Crippen LogP contribution in [0.4, 0.5) is 17.1 Å². The molecule has 318 valence electrons. The monoisotopic (exact) mass is 842 g/mol. The maximum atomic E-state index is 13.9. The first-order valence-electron chi connectivity index (χ1n) is 20.2. The minimum atomic E-state index is -0.770. The Bertz CT molecular complexity index is 2780. The Morgan fingerprint density at radius 2 is 1.63 bits per heavy atom. The number of aliphatic hydroxyl groups is 1. The lowest BCUT2D eigenvalue weighted by Gasteiger charge is -2.45. The van der Waals surface area contributed by atoms with Gasteiger partial charge >= 0.3 is 0 Å². The summed E-state index contributed by atoms with van der Waals surface area (Å²) in [5.74, 6) is -2.45. The number of benzene rings is 1. The standard InChI is InChI=1S/C42H42N12O8/c1-20-25-16-23-5-4-22-6-8-26(21(2)55)45-34(22)35(23)50-38(25)44-18-32(20)53-15-14-52(19-33(53)56)41(60)29-9-7-24-31(54(61)62)17-30(37(57)36(24)46-29)47-40(59)28-11-13-51-12-10-27(39(58)43-3)48-42(51)49-28/h6-9,16-18,27-28,42,48-49,55,57H,2,4-5,10-15,19H2,1,3H3,(H,43,58)(H,47,59). The molecule has 4 aliphatic rings. The Labute approximate surface area is 353 Å². The highest BCUT2D eigenvalue weighted by molar-refractivity contribution is 6.06. The maximum absolute atomic E-state index is 13.9. The van der Waals surface area contributed by atoms with Gasteiger partial charge in [0.1, 0.15) is 35.5 Å². The van der Waals surface area contributed by atoms with Crippen LogP contribution in [0, 0.1) is 17.0 Å². The first-order chi connectivity index (χ1) is 29.8. The Morgan fingerprint density at radius 1 is 0.919 bits per heavy atom. The smallest absolute Gasteiger partial charge is 0.281 e. The normalized spacial score (nSPS) is 20.0. The number of nitro benzene ring substituents is 1. The second kappa shape index (κ2) is 15.7. The summed E-state index contributed by atoms with van der Waals surface area (Å²) in [6.45, 7) is 6.61. The third kappa shape index (κ3) is 7.06. The summed E-state index contributed by atoms with van der Waals surface area (Å²) in [5.41, 5.74) is 4.35. The van der Waals surface area contributed by atoms with E-state index in [1.807, 2.05) is 19.1 Å². The van der Waals surface area contributed by atoms with Crippen LogP contribution in [0.2, 0.25) is 0 Å². The molecule has 3 unspecified atom stereocenters. The number of hydrogen-bond donors (Lipinski definition) is 6. The molecule has 3 atom stereocenters. The lowest BCUT2D eigenvalue weighted by Crippen LogP contribution is -2.70. The Kier molecular flexibility index (Phi) is 10.2. The van der Waals surface area contributed by atoms with Gasteiger partial charge in [-0.1, -0.05) is 12.6 Å². The minimum Gasteiger partial charge on any atom is -0.506 e. The van der Waals surface area contributed by atoms with E-state index in [9.17, 15) is 39.5 Å². The van der Waals surface area contributed by atoms with Crippen LogP contribution in [0.25, 0.3) is 39.1 Å². The zero-order valence-electron chi connectivity index (χ0n) is 33.8. The van der Waals surface area contributed by atoms with Crippen molar-refractivity contribution >= 4 is 68.4 Å². The van der Waals surface area contributed by atoms with Crippen molar-refractivity contribution in [3.05, 3.63) is 87.4 Å². The molecule has 0 bridgehead atoms. The molecule has 0 radical (unpaired) electrons. The number of amides is 4. The number of pyridine rings is 4. The number of nitro groups is 1. The van der Waals surface area contributed by atoms with E-state index in [0.717, 1.165) is 41.0 Å². The van der Waals surface area contributed by atoms with Gasteiger partial charge in [0.15, 0.2) is 11.4 Å². The molecule has 0 spiro atoms. The number of carbonyl (C=O) groups is 4. The van der Waals surface area contributed by atoms with Crippen molar-refractivity contribution in [1.29, 1.82) is 0 Å². The number of hydrogen-bond acceptors (Lipinski definition) is 15. The summed E-state index contributed by atoms with van der Waals surface area (Å²) in [5, 5.41) is 45.8. The molecule has 3 aliphatic heterocycles. The average molecular weight is 843 g/mol. The van der Waals surface area contributed by atoms with Gasteiger partial charge in [-0.25, -0.2) is 19.9 Å². The van der Waals surface area contributed by atoms with E-state index in [2.05, 4.69) is 47.7 Å². The van der Waals surface area contributed by atoms with Crippen LogP contribution < -0.4 is 26.2 Å². The van der Waals surface area contributed by atoms with E-state index in [1.165, 1.54) is 17.0 Å². The van der Waals surface area contributed by atoms with Gasteiger partial charge in [-0.2, -0.15) is 0 Å². The summed E-state index contributed by atoms with van der Waals surface area (Å²) in [6.07, 6.45) is 3.55. The number of nitrogens with one attached hydrogen (secondary N) is 4. The predicted octanol–water partition coefficient (Wildman–Crippen LogP) is 2.27. The number of likely N-dealkylation sites (N-methyl/N-ethyl adjacent to an activating group) is 1. The van der Waals surface area contributed by atoms with Crippen LogP contribution in [0.3, 0.4) is 0 Å². The van der Waals surface area contributed by atoms with Crippen LogP contribution in [0.5, 0.6) is 5.75 Å². The van der Waals surface area contributed by atoms with Gasteiger partial charge in [-0.15, -0.1) is 0 Å². The van der Waals surface area contributed by atoms with Crippen molar-refractivity contribution in [2.45, 2.75) is 51.0 Å². The summed E-state index contributed by atoms with van der Waals surface area (Å²) in [7, 11) is 1.55. The van der Waals surface area contributed by atoms with Crippen LogP contribution in [-0.2, 0) is 27.2 Å². The fourth-order valence-corrected chi connectivity index (χ4v) is 8.73. The Morgan fingerprint density at radius 3 is 2.34 bits per heavy atom. The largest absolute Gasteiger partial charge is 0.506 e. The highest BCUT2D eigenvalue weighted by atomic mass is 16.6. The number of anilines is 2. The molecule has 4 amide bonds. The fraction of sp³-hybridized carbons (Fsp3) is 0.333. The number of aliphatic hydroxyl groups excluding tert-OH is 1. The Hall–Kier alpha value is -7.16. The van der Waals surface area contributed by atoms with Crippen molar-refractivity contribution in [2.75, 3.05) is 50.0 Å². The zero-order chi connectivity index (χ0) is 43.6. The molecular weight excluding hydrogens is 801 g/mol. The van der Waals surface area contributed by atoms with Crippen LogP contribution in [0.15, 0.2) is 49.2 Å². The first-order valence-corrected chi connectivity index (χ1v) is 20.2. The van der Waals surface area contributed by atoms with Gasteiger partial charge in [0.05, 0.1) is 51.4 Å². The first kappa shape index (κ1) is 40.3. The van der Waals surface area contributed by atoms with Crippen molar-refractivity contribution < 1.29 is 34.3 Å². The van der Waals surface area contributed by atoms with Crippen molar-refractivity contribution in [3.8, 4) is 17.1 Å². The van der Waals surface area contributed by atoms with E-state index in [4.69, 9.17) is 4.98 Å². The molecule has 1 aromatic carbocycles. The lowest BCUT2D eigenvalue weighted by molar-refractivity contribution is -0.383. The zero-order valence-corrected chi connectivity index (χ0v) is 33.8. The predicted molar refractivity (Wildman–Crippen MR) is 226 cm³/mol. The molecular formula is C42H42N12O8. The highest BCUT2D eigenvalue weighted by Gasteiger charge is 2.38. The number of aromatic hydroxyl groups is 1. The number of carbonyl (C=O) groups excluding carboxylic acids is 4. The molecule has 7 heterocycles. The van der Waals surface area contributed by atoms with E-state index in [0.29, 0.717) is 54.3 Å². The third-order valence-electron chi connectivity index (χ3n) is 12.1. The summed E-state index contributed by atoms with van der Waals surface area (Å²) < 4.78 is 0. The SMILES string of the molecule is C=C(O)c1ccc2c(n1)-c1nc3ncc(N4CCN(C(=O)c5ccc6c([N+](=O)[O-])cc(NC(=O)C7CCN8CCC(C(=O)NC)NC8N7)c(O)c6n5)CC4=O)c(C)c3cc1CC2. The second-order valence-corrected chi connectivity index (χ2v) is 15.8. The summed E-state index contributed by atoms with van der Waals surface area (Å²) in [6, 6.07) is 8.08. The number of rotatable bonds is 7. The quantitative estimate of drug-likeness (QED) is 0.0595. The average Bonchev–Trinajstić information content (AvgIpc) is 3.28. The number of aromatic nitrogens is 4. The van der Waals surface area contributed by atoms with Gasteiger partial charge in [-0.05, 0) is 73.6 Å². The van der Waals surface area contributed by atoms with Crippen LogP contribution >= 0.6 is 0 Å². The fourth-order valence-electron chi connectivity index (χ4n) is 8.73. The Balaban J connectivity index is 0.921. The number of aryl methyl sites for hydroxylation is 3. The van der Waals surface area contributed by atoms with Gasteiger partial charge in [-0.3, -0.25) is 44.8 Å². The molecule has 3 fully saturated rings. The van der Waals surface area contributed by atoms with Crippen molar-refractivity contribution in [3.63, 3.8) is 0 Å². The lowest BCUT2D eigenvalue weighted by atomic mass is 9.91. The van der Waals surface area contributed by atoms with Crippen molar-refractivity contribution in [1.82, 2.24) is 45.7 Å². The molecule has 3 saturated heterocycles. The molecule has 4 aromatic heterocycles. The van der Waals surface area contributed by atoms with Gasteiger partial charge < -0.3 is 30.6 Å². The number of fused-ring (bicyclic) bond motifs is 6. The molecule has 1 aliphatic carbocycles. The van der Waals surface area contributed by atoms with E-state index in [1.54, 1.807) is 24.2 Å². The van der Waals surface area contributed by atoms with Gasteiger partial charge in [0, 0.05) is 44.7 Å². The van der Waals surface area contributed by atoms with Crippen LogP contribution in [0.1, 0.15) is 45.7 Å². The van der Waals surface area contributed by atoms with E-state index in [-0.39, 0.29) is 59.5 Å². The number of non-ortho nitro benzene ring substituents is 1. The summed E-state index contributed by atoms with van der Waals surface area (Å²) >= 11 is 0. The maximum Gasteiger partial charge on any atom is 0.281 e. The number of phenolic OH excluding ortho intramolecular Hbond substituents is 1. The van der Waals surface area contributed by atoms with E-state index >= 15 is 0 Å². The molecule has 62 heavy (non-hydrogen) atoms. The second-order valence-electron chi connectivity index (χ2n) is 15.8. The van der Waals surface area contributed by atoms with Gasteiger partial charge in [0.25, 0.3) is 11.6 Å². The molecule has 5 aromatic rings. The van der Waals surface area contributed by atoms with E-state index < -0.39 is 46.5 Å². The molecule has 20 heteroatoms. The minimum absolute atomic E-state index is 0.0580. The number of piperazine rings is 1. The van der Waals surface area contributed by atoms with Gasteiger partial charge in [0.2, 0.25) is 17.7 Å². The number of phenols is 1.